The standard InChI is InChI=1S/C17H20O9/c18-13-11-5(7(14(19)20)3-9(11)16(23)24)1-2-6-8(15(21)22)4-10(12(6)13)17(25)26/h5-12H,1-4H2,(H,19,20)(H,21,22)(H,23,24)(H,25,26)/t5-,6-,7-,8-,9+,10+,11-,12-/m0/s1. The van der Waals surface area contributed by atoms with Crippen molar-refractivity contribution in [2.24, 2.45) is 47.3 Å². The van der Waals surface area contributed by atoms with Gasteiger partial charge in [0.1, 0.15) is 5.78 Å². The average molecular weight is 368 g/mol. The molecule has 0 radical (unpaired) electrons. The molecule has 8 atom stereocenters. The van der Waals surface area contributed by atoms with Gasteiger partial charge in [-0.05, 0) is 37.5 Å². The van der Waals surface area contributed by atoms with Crippen LogP contribution in [-0.4, -0.2) is 50.1 Å². The topological polar surface area (TPSA) is 166 Å². The van der Waals surface area contributed by atoms with Crippen LogP contribution in [0.3, 0.4) is 0 Å². The number of hydrogen-bond donors (Lipinski definition) is 4. The summed E-state index contributed by atoms with van der Waals surface area (Å²) in [4.78, 5) is 59.5. The minimum Gasteiger partial charge on any atom is -0.481 e. The quantitative estimate of drug-likeness (QED) is 0.550. The van der Waals surface area contributed by atoms with Gasteiger partial charge in [0.2, 0.25) is 0 Å². The molecule has 0 unspecified atom stereocenters. The van der Waals surface area contributed by atoms with E-state index in [4.69, 9.17) is 0 Å². The maximum atomic E-state index is 13.2. The van der Waals surface area contributed by atoms with Gasteiger partial charge in [0.25, 0.3) is 0 Å². The summed E-state index contributed by atoms with van der Waals surface area (Å²) in [5, 5.41) is 37.8. The molecule has 3 aliphatic carbocycles. The lowest BCUT2D eigenvalue weighted by Gasteiger charge is -2.25. The van der Waals surface area contributed by atoms with Gasteiger partial charge in [-0.3, -0.25) is 24.0 Å². The SMILES string of the molecule is O=C1[C@H]2[C@@H](CC[C@@H]3[C@H]1[C@H](C(=O)O)C[C@@H]3C(=O)O)[C@@H](C(=O)O)C[C@H]2C(=O)O. The average Bonchev–Trinajstić information content (AvgIpc) is 3.07. The highest BCUT2D eigenvalue weighted by Crippen LogP contribution is 2.55. The van der Waals surface area contributed by atoms with Crippen LogP contribution < -0.4 is 0 Å². The van der Waals surface area contributed by atoms with Crippen molar-refractivity contribution < 1.29 is 44.4 Å². The lowest BCUT2D eigenvalue weighted by molar-refractivity contribution is -0.150. The first-order chi connectivity index (χ1) is 12.1. The number of ketones is 1. The van der Waals surface area contributed by atoms with Gasteiger partial charge in [-0.2, -0.15) is 0 Å². The van der Waals surface area contributed by atoms with Crippen LogP contribution in [0.25, 0.3) is 0 Å². The third kappa shape index (κ3) is 2.65. The summed E-state index contributed by atoms with van der Waals surface area (Å²) >= 11 is 0. The van der Waals surface area contributed by atoms with Gasteiger partial charge in [0.05, 0.1) is 23.7 Å². The number of rotatable bonds is 4. The molecular formula is C17H20O9. The van der Waals surface area contributed by atoms with Crippen molar-refractivity contribution in [3.8, 4) is 0 Å². The predicted octanol–water partition coefficient (Wildman–Crippen LogP) is 0.425. The Balaban J connectivity index is 2.03. The van der Waals surface area contributed by atoms with Crippen molar-refractivity contribution in [3.05, 3.63) is 0 Å². The molecular weight excluding hydrogens is 348 g/mol. The van der Waals surface area contributed by atoms with Crippen LogP contribution in [0.2, 0.25) is 0 Å². The van der Waals surface area contributed by atoms with Crippen molar-refractivity contribution in [2.45, 2.75) is 25.7 Å². The number of carbonyl (C=O) groups excluding carboxylic acids is 1. The Labute approximate surface area is 148 Å². The van der Waals surface area contributed by atoms with Gasteiger partial charge in [-0.25, -0.2) is 0 Å². The van der Waals surface area contributed by atoms with E-state index in [0.717, 1.165) is 0 Å². The molecule has 3 aliphatic rings. The van der Waals surface area contributed by atoms with Crippen molar-refractivity contribution >= 4 is 29.7 Å². The molecule has 0 aromatic rings. The van der Waals surface area contributed by atoms with E-state index in [1.165, 1.54) is 0 Å². The van der Waals surface area contributed by atoms with E-state index >= 15 is 0 Å². The number of Topliss-reactive ketones (excluding diaryl/α,β-unsaturated/α-hetero) is 1. The number of aliphatic carboxylic acids is 4. The van der Waals surface area contributed by atoms with E-state index in [9.17, 15) is 44.4 Å². The van der Waals surface area contributed by atoms with Crippen LogP contribution in [-0.2, 0) is 24.0 Å². The lowest BCUT2D eigenvalue weighted by Crippen LogP contribution is -2.38. The molecule has 0 aromatic heterocycles. The Bertz CT molecular complexity index is 628. The second-order valence-corrected chi connectivity index (χ2v) is 7.61. The molecule has 9 heteroatoms. The van der Waals surface area contributed by atoms with Gasteiger partial charge in [-0.1, -0.05) is 0 Å². The first kappa shape index (κ1) is 18.3. The molecule has 3 fully saturated rings. The van der Waals surface area contributed by atoms with Crippen molar-refractivity contribution in [2.75, 3.05) is 0 Å². The Morgan fingerprint density at radius 3 is 1.19 bits per heavy atom. The molecule has 0 saturated heterocycles. The molecule has 142 valence electrons. The van der Waals surface area contributed by atoms with Crippen molar-refractivity contribution in [1.29, 1.82) is 0 Å². The number of hydrogen-bond acceptors (Lipinski definition) is 5. The molecule has 3 rings (SSSR count). The smallest absolute Gasteiger partial charge is 0.307 e. The summed E-state index contributed by atoms with van der Waals surface area (Å²) in [6.07, 6.45) is 0.106. The first-order valence-corrected chi connectivity index (χ1v) is 8.60. The van der Waals surface area contributed by atoms with Gasteiger partial charge >= 0.3 is 23.9 Å². The summed E-state index contributed by atoms with van der Waals surface area (Å²) in [5.74, 6) is -13.3. The predicted molar refractivity (Wildman–Crippen MR) is 81.9 cm³/mol. The van der Waals surface area contributed by atoms with Crippen LogP contribution in [0.5, 0.6) is 0 Å². The summed E-state index contributed by atoms with van der Waals surface area (Å²) < 4.78 is 0. The third-order valence-corrected chi connectivity index (χ3v) is 6.60. The van der Waals surface area contributed by atoms with Crippen molar-refractivity contribution in [1.82, 2.24) is 0 Å². The minimum atomic E-state index is -1.27. The molecule has 0 heterocycles. The minimum absolute atomic E-state index is 0.163. The maximum absolute atomic E-state index is 13.2. The molecule has 0 aromatic carbocycles. The van der Waals surface area contributed by atoms with Crippen LogP contribution in [0, 0.1) is 47.3 Å². The van der Waals surface area contributed by atoms with Crippen LogP contribution in [0.1, 0.15) is 25.7 Å². The zero-order valence-corrected chi connectivity index (χ0v) is 13.8. The number of carbonyl (C=O) groups is 5. The molecule has 0 aliphatic heterocycles. The van der Waals surface area contributed by atoms with E-state index in [0.29, 0.717) is 0 Å². The fourth-order valence-corrected chi connectivity index (χ4v) is 5.55. The van der Waals surface area contributed by atoms with Crippen LogP contribution in [0.15, 0.2) is 0 Å². The Kier molecular flexibility index (Phi) is 4.49. The summed E-state index contributed by atoms with van der Waals surface area (Å²) in [7, 11) is 0. The van der Waals surface area contributed by atoms with Crippen molar-refractivity contribution in [3.63, 3.8) is 0 Å². The number of fused-ring (bicyclic) bond motifs is 2. The first-order valence-electron chi connectivity index (χ1n) is 8.60. The Morgan fingerprint density at radius 2 is 0.923 bits per heavy atom. The maximum Gasteiger partial charge on any atom is 0.307 e. The van der Waals surface area contributed by atoms with E-state index < -0.39 is 77.0 Å². The Hall–Kier alpha value is -2.45. The van der Waals surface area contributed by atoms with Crippen LogP contribution in [0.4, 0.5) is 0 Å². The van der Waals surface area contributed by atoms with Gasteiger partial charge < -0.3 is 20.4 Å². The second kappa shape index (κ2) is 6.37. The van der Waals surface area contributed by atoms with E-state index in [-0.39, 0.29) is 25.7 Å². The summed E-state index contributed by atoms with van der Waals surface area (Å²) in [6, 6.07) is 0. The summed E-state index contributed by atoms with van der Waals surface area (Å²) in [6.45, 7) is 0. The van der Waals surface area contributed by atoms with E-state index in [1.807, 2.05) is 0 Å². The fourth-order valence-electron chi connectivity index (χ4n) is 5.55. The fraction of sp³-hybridized carbons (Fsp3) is 0.706. The van der Waals surface area contributed by atoms with E-state index in [2.05, 4.69) is 0 Å². The van der Waals surface area contributed by atoms with Gasteiger partial charge in [0.15, 0.2) is 0 Å². The zero-order valence-electron chi connectivity index (χ0n) is 13.8. The number of carboxylic acid groups (broad SMARTS) is 4. The molecule has 0 spiro atoms. The molecule has 26 heavy (non-hydrogen) atoms. The monoisotopic (exact) mass is 368 g/mol. The van der Waals surface area contributed by atoms with E-state index in [1.54, 1.807) is 0 Å². The zero-order chi connectivity index (χ0) is 19.3. The highest BCUT2D eigenvalue weighted by atomic mass is 16.4. The summed E-state index contributed by atoms with van der Waals surface area (Å²) in [5.41, 5.74) is 0. The molecule has 9 nitrogen and oxygen atoms in total. The molecule has 4 N–H and O–H groups in total. The second-order valence-electron chi connectivity index (χ2n) is 7.61. The highest BCUT2D eigenvalue weighted by molar-refractivity contribution is 5.94. The van der Waals surface area contributed by atoms with Crippen LogP contribution >= 0.6 is 0 Å². The molecule has 3 saturated carbocycles. The third-order valence-electron chi connectivity index (χ3n) is 6.60. The van der Waals surface area contributed by atoms with Gasteiger partial charge in [0, 0.05) is 11.8 Å². The lowest BCUT2D eigenvalue weighted by atomic mass is 9.76. The molecule has 0 amide bonds. The highest BCUT2D eigenvalue weighted by Gasteiger charge is 2.61. The Morgan fingerprint density at radius 1 is 0.615 bits per heavy atom. The largest absolute Gasteiger partial charge is 0.481 e. The van der Waals surface area contributed by atoms with Gasteiger partial charge in [-0.15, -0.1) is 0 Å². The number of carboxylic acids is 4. The normalized spacial score (nSPS) is 41.8. The molecule has 0 bridgehead atoms.